The lowest BCUT2D eigenvalue weighted by molar-refractivity contribution is -0.113. The van der Waals surface area contributed by atoms with Crippen molar-refractivity contribution < 1.29 is 18.7 Å². The number of hydrogen-bond acceptors (Lipinski definition) is 7. The molecule has 0 radical (unpaired) electrons. The van der Waals surface area contributed by atoms with Crippen LogP contribution in [-0.2, 0) is 4.79 Å². The Balaban J connectivity index is 1.29. The van der Waals surface area contributed by atoms with Crippen molar-refractivity contribution in [3.05, 3.63) is 60.0 Å². The summed E-state index contributed by atoms with van der Waals surface area (Å²) in [5, 5.41) is 13.9. The second kappa shape index (κ2) is 9.00. The molecule has 0 bridgehead atoms. The average Bonchev–Trinajstić information content (AvgIpc) is 3.51. The number of ether oxygens (including phenoxy) is 1. The summed E-state index contributed by atoms with van der Waals surface area (Å²) in [5.74, 6) is 1.31. The number of benzene rings is 2. The van der Waals surface area contributed by atoms with Gasteiger partial charge in [-0.3, -0.25) is 9.59 Å². The normalized spacial score (nSPS) is 13.0. The number of thioether (sulfide) groups is 1. The molecular weight excluding hydrogens is 404 g/mol. The molecule has 0 spiro atoms. The van der Waals surface area contributed by atoms with Crippen molar-refractivity contribution in [1.29, 1.82) is 0 Å². The van der Waals surface area contributed by atoms with Crippen molar-refractivity contribution in [3.63, 3.8) is 0 Å². The lowest BCUT2D eigenvalue weighted by Gasteiger charge is -2.10. The van der Waals surface area contributed by atoms with Crippen molar-refractivity contribution >= 4 is 35.0 Å². The summed E-state index contributed by atoms with van der Waals surface area (Å²) in [6, 6.07) is 13.8. The molecular formula is C21H20N4O4S. The van der Waals surface area contributed by atoms with Crippen LogP contribution >= 0.6 is 11.8 Å². The minimum absolute atomic E-state index is 0.155. The van der Waals surface area contributed by atoms with Gasteiger partial charge in [-0.05, 0) is 49.2 Å². The van der Waals surface area contributed by atoms with E-state index in [1.54, 1.807) is 43.5 Å². The van der Waals surface area contributed by atoms with E-state index in [1.165, 1.54) is 11.8 Å². The molecule has 2 amide bonds. The molecule has 2 N–H and O–H groups in total. The number of nitrogens with one attached hydrogen (secondary N) is 2. The van der Waals surface area contributed by atoms with E-state index in [9.17, 15) is 9.59 Å². The van der Waals surface area contributed by atoms with Crippen LogP contribution in [0.15, 0.2) is 58.2 Å². The van der Waals surface area contributed by atoms with Gasteiger partial charge in [-0.15, -0.1) is 10.2 Å². The van der Waals surface area contributed by atoms with Crippen molar-refractivity contribution in [1.82, 2.24) is 10.2 Å². The first kappa shape index (κ1) is 20.0. The van der Waals surface area contributed by atoms with Crippen molar-refractivity contribution in [3.8, 4) is 5.75 Å². The number of anilines is 2. The Hall–Kier alpha value is -3.33. The lowest BCUT2D eigenvalue weighted by Crippen LogP contribution is -2.15. The van der Waals surface area contributed by atoms with Crippen LogP contribution in [0.3, 0.4) is 0 Å². The van der Waals surface area contributed by atoms with Crippen LogP contribution in [-0.4, -0.2) is 34.9 Å². The van der Waals surface area contributed by atoms with Crippen molar-refractivity contribution in [2.75, 3.05) is 23.5 Å². The van der Waals surface area contributed by atoms with Gasteiger partial charge in [0.1, 0.15) is 5.75 Å². The van der Waals surface area contributed by atoms with Gasteiger partial charge in [0.15, 0.2) is 0 Å². The Bertz CT molecular complexity index is 1050. The van der Waals surface area contributed by atoms with Crippen molar-refractivity contribution in [2.45, 2.75) is 24.0 Å². The van der Waals surface area contributed by atoms with E-state index in [4.69, 9.17) is 9.15 Å². The number of methoxy groups -OCH3 is 1. The Kier molecular flexibility index (Phi) is 5.99. The summed E-state index contributed by atoms with van der Waals surface area (Å²) in [5.41, 5.74) is 1.65. The van der Waals surface area contributed by atoms with Crippen LogP contribution in [0.25, 0.3) is 0 Å². The first-order chi connectivity index (χ1) is 14.6. The molecule has 0 aliphatic heterocycles. The molecule has 0 saturated heterocycles. The van der Waals surface area contributed by atoms with Crippen LogP contribution < -0.4 is 15.4 Å². The predicted octanol–water partition coefficient (Wildman–Crippen LogP) is 3.94. The summed E-state index contributed by atoms with van der Waals surface area (Å²) >= 11 is 1.20. The molecule has 1 fully saturated rings. The number of amides is 2. The van der Waals surface area contributed by atoms with Gasteiger partial charge in [-0.25, -0.2) is 0 Å². The average molecular weight is 424 g/mol. The van der Waals surface area contributed by atoms with Crippen LogP contribution in [0, 0.1) is 0 Å². The number of aromatic nitrogens is 2. The monoisotopic (exact) mass is 424 g/mol. The molecule has 1 saturated carbocycles. The Morgan fingerprint density at radius 2 is 1.87 bits per heavy atom. The predicted molar refractivity (Wildman–Crippen MR) is 113 cm³/mol. The largest absolute Gasteiger partial charge is 0.495 e. The van der Waals surface area contributed by atoms with E-state index < -0.39 is 0 Å². The zero-order valence-electron chi connectivity index (χ0n) is 16.3. The van der Waals surface area contributed by atoms with Crippen LogP contribution in [0.2, 0.25) is 0 Å². The summed E-state index contributed by atoms with van der Waals surface area (Å²) in [6.45, 7) is 0. The molecule has 1 heterocycles. The summed E-state index contributed by atoms with van der Waals surface area (Å²) in [4.78, 5) is 24.6. The molecule has 1 aliphatic carbocycles. The third-order valence-corrected chi connectivity index (χ3v) is 5.28. The Labute approximate surface area is 177 Å². The Morgan fingerprint density at radius 3 is 2.60 bits per heavy atom. The molecule has 4 rings (SSSR count). The van der Waals surface area contributed by atoms with Gasteiger partial charge in [0.05, 0.1) is 18.6 Å². The molecule has 0 atom stereocenters. The number of nitrogens with zero attached hydrogens (tertiary/aromatic N) is 2. The van der Waals surface area contributed by atoms with Gasteiger partial charge in [0.25, 0.3) is 11.1 Å². The van der Waals surface area contributed by atoms with Gasteiger partial charge in [0, 0.05) is 17.2 Å². The van der Waals surface area contributed by atoms with E-state index in [1.807, 2.05) is 12.1 Å². The number of carbonyl (C=O) groups excluding carboxylic acids is 2. The molecule has 0 unspecified atom stereocenters. The SMILES string of the molecule is COc1ccccc1NC(=O)c1ccc(NC(=O)CSc2nnc(C3CC3)o2)cc1. The minimum atomic E-state index is -0.268. The third kappa shape index (κ3) is 4.98. The maximum atomic E-state index is 12.4. The molecule has 3 aromatic rings. The van der Waals surface area contributed by atoms with Crippen LogP contribution in [0.5, 0.6) is 5.75 Å². The lowest BCUT2D eigenvalue weighted by atomic mass is 10.2. The maximum absolute atomic E-state index is 12.4. The first-order valence-corrected chi connectivity index (χ1v) is 10.4. The van der Waals surface area contributed by atoms with Gasteiger partial charge < -0.3 is 19.8 Å². The summed E-state index contributed by atoms with van der Waals surface area (Å²) in [6.07, 6.45) is 2.17. The second-order valence-electron chi connectivity index (χ2n) is 6.75. The first-order valence-electron chi connectivity index (χ1n) is 9.43. The third-order valence-electron chi connectivity index (χ3n) is 4.46. The topological polar surface area (TPSA) is 106 Å². The fourth-order valence-corrected chi connectivity index (χ4v) is 3.32. The number of rotatable bonds is 8. The molecule has 1 aromatic heterocycles. The highest BCUT2D eigenvalue weighted by molar-refractivity contribution is 7.99. The van der Waals surface area contributed by atoms with E-state index in [2.05, 4.69) is 20.8 Å². The highest BCUT2D eigenvalue weighted by atomic mass is 32.2. The molecule has 30 heavy (non-hydrogen) atoms. The van der Waals surface area contributed by atoms with Crippen LogP contribution in [0.4, 0.5) is 11.4 Å². The number of para-hydroxylation sites is 2. The molecule has 2 aromatic carbocycles. The van der Waals surface area contributed by atoms with E-state index >= 15 is 0 Å². The summed E-state index contributed by atoms with van der Waals surface area (Å²) < 4.78 is 10.8. The fraction of sp³-hybridized carbons (Fsp3) is 0.238. The zero-order valence-corrected chi connectivity index (χ0v) is 17.1. The molecule has 1 aliphatic rings. The van der Waals surface area contributed by atoms with Gasteiger partial charge in [-0.2, -0.15) is 0 Å². The number of hydrogen-bond donors (Lipinski definition) is 2. The Morgan fingerprint density at radius 1 is 1.10 bits per heavy atom. The minimum Gasteiger partial charge on any atom is -0.495 e. The molecule has 9 heteroatoms. The highest BCUT2D eigenvalue weighted by Gasteiger charge is 2.29. The smallest absolute Gasteiger partial charge is 0.277 e. The quantitative estimate of drug-likeness (QED) is 0.528. The standard InChI is InChI=1S/C21H20N4O4S/c1-28-17-5-3-2-4-16(17)23-19(27)13-8-10-15(11-9-13)22-18(26)12-30-21-25-24-20(29-21)14-6-7-14/h2-5,8-11,14H,6-7,12H2,1H3,(H,22,26)(H,23,27). The summed E-state index contributed by atoms with van der Waals surface area (Å²) in [7, 11) is 1.55. The second-order valence-corrected chi connectivity index (χ2v) is 7.68. The van der Waals surface area contributed by atoms with E-state index in [0.717, 1.165) is 12.8 Å². The molecule has 8 nitrogen and oxygen atoms in total. The van der Waals surface area contributed by atoms with Crippen molar-refractivity contribution in [2.24, 2.45) is 0 Å². The van der Waals surface area contributed by atoms with E-state index in [-0.39, 0.29) is 17.6 Å². The van der Waals surface area contributed by atoms with E-state index in [0.29, 0.717) is 39.7 Å². The van der Waals surface area contributed by atoms with Gasteiger partial charge in [0.2, 0.25) is 11.8 Å². The van der Waals surface area contributed by atoms with Crippen LogP contribution in [0.1, 0.15) is 35.0 Å². The number of carbonyl (C=O) groups is 2. The maximum Gasteiger partial charge on any atom is 0.277 e. The fourth-order valence-electron chi connectivity index (χ4n) is 2.75. The highest BCUT2D eigenvalue weighted by Crippen LogP contribution is 2.39. The molecule has 154 valence electrons. The zero-order chi connectivity index (χ0) is 20.9. The van der Waals surface area contributed by atoms with Gasteiger partial charge >= 0.3 is 0 Å². The van der Waals surface area contributed by atoms with Gasteiger partial charge in [-0.1, -0.05) is 23.9 Å².